The summed E-state index contributed by atoms with van der Waals surface area (Å²) in [6, 6.07) is 2.44. The average molecular weight is 260 g/mol. The number of aliphatic hydroxyl groups excluding tert-OH is 1. The molecule has 2 rings (SSSR count). The maximum Gasteiger partial charge on any atom is 0.275 e. The van der Waals surface area contributed by atoms with Crippen LogP contribution in [-0.2, 0) is 5.92 Å². The fourth-order valence-electron chi connectivity index (χ4n) is 1.77. The van der Waals surface area contributed by atoms with E-state index in [1.165, 1.54) is 19.2 Å². The molecule has 0 atom stereocenters. The van der Waals surface area contributed by atoms with Crippen LogP contribution in [0.3, 0.4) is 0 Å². The summed E-state index contributed by atoms with van der Waals surface area (Å²) in [6.07, 6.45) is -0.643. The number of alkyl halides is 2. The fourth-order valence-corrected chi connectivity index (χ4v) is 1.77. The van der Waals surface area contributed by atoms with Crippen molar-refractivity contribution < 1.29 is 28.1 Å². The van der Waals surface area contributed by atoms with Gasteiger partial charge in [-0.3, -0.25) is 0 Å². The van der Waals surface area contributed by atoms with Crippen molar-refractivity contribution in [1.29, 1.82) is 0 Å². The van der Waals surface area contributed by atoms with Crippen molar-refractivity contribution in [1.82, 2.24) is 0 Å². The summed E-state index contributed by atoms with van der Waals surface area (Å²) in [6.45, 7) is 0.0741. The number of hydrogen-bond acceptors (Lipinski definition) is 4. The molecular weight excluding hydrogens is 246 g/mol. The average Bonchev–Trinajstić information content (AvgIpc) is 2.37. The first-order valence-corrected chi connectivity index (χ1v) is 5.55. The van der Waals surface area contributed by atoms with E-state index in [9.17, 15) is 8.78 Å². The van der Waals surface area contributed by atoms with Crippen LogP contribution < -0.4 is 14.2 Å². The van der Waals surface area contributed by atoms with Crippen LogP contribution >= 0.6 is 0 Å². The summed E-state index contributed by atoms with van der Waals surface area (Å²) in [5.74, 6) is -2.34. The molecule has 1 aliphatic heterocycles. The third-order valence-corrected chi connectivity index (χ3v) is 2.68. The second kappa shape index (κ2) is 4.97. The summed E-state index contributed by atoms with van der Waals surface area (Å²) >= 11 is 0. The van der Waals surface area contributed by atoms with Crippen LogP contribution in [0.1, 0.15) is 12.0 Å². The molecule has 6 heteroatoms. The summed E-state index contributed by atoms with van der Waals surface area (Å²) in [4.78, 5) is 0. The van der Waals surface area contributed by atoms with E-state index in [4.69, 9.17) is 19.3 Å². The number of ether oxygens (including phenoxy) is 3. The van der Waals surface area contributed by atoms with Crippen LogP contribution in [0, 0.1) is 0 Å². The second-order valence-corrected chi connectivity index (χ2v) is 3.88. The van der Waals surface area contributed by atoms with E-state index >= 15 is 0 Å². The van der Waals surface area contributed by atoms with Gasteiger partial charge in [0.2, 0.25) is 5.75 Å². The monoisotopic (exact) mass is 260 g/mol. The van der Waals surface area contributed by atoms with Gasteiger partial charge in [-0.25, -0.2) is 8.78 Å². The first-order valence-electron chi connectivity index (χ1n) is 5.55. The van der Waals surface area contributed by atoms with Crippen LogP contribution in [0.4, 0.5) is 8.78 Å². The van der Waals surface area contributed by atoms with E-state index < -0.39 is 19.0 Å². The zero-order valence-corrected chi connectivity index (χ0v) is 9.91. The minimum absolute atomic E-state index is 0.208. The zero-order chi connectivity index (χ0) is 13.2. The van der Waals surface area contributed by atoms with Gasteiger partial charge in [-0.15, -0.1) is 0 Å². The SMILES string of the molecule is COc1cc(C(F)(F)CCO)cc2c1OCCO2. The van der Waals surface area contributed by atoms with Crippen LogP contribution in [0.25, 0.3) is 0 Å². The zero-order valence-electron chi connectivity index (χ0n) is 9.91. The highest BCUT2D eigenvalue weighted by Crippen LogP contribution is 2.44. The molecule has 1 aromatic carbocycles. The smallest absolute Gasteiger partial charge is 0.275 e. The molecule has 0 radical (unpaired) electrons. The lowest BCUT2D eigenvalue weighted by Crippen LogP contribution is -2.19. The Morgan fingerprint density at radius 1 is 1.33 bits per heavy atom. The summed E-state index contributed by atoms with van der Waals surface area (Å²) in [7, 11) is 1.38. The Morgan fingerprint density at radius 3 is 2.72 bits per heavy atom. The molecule has 4 nitrogen and oxygen atoms in total. The fraction of sp³-hybridized carbons (Fsp3) is 0.500. The highest BCUT2D eigenvalue weighted by molar-refractivity contribution is 5.55. The maximum atomic E-state index is 13.7. The number of halogens is 2. The lowest BCUT2D eigenvalue weighted by Gasteiger charge is -2.23. The summed E-state index contributed by atoms with van der Waals surface area (Å²) < 4.78 is 43.1. The Labute approximate surface area is 103 Å². The van der Waals surface area contributed by atoms with Gasteiger partial charge in [0.15, 0.2) is 11.5 Å². The molecule has 1 aliphatic rings. The lowest BCUT2D eigenvalue weighted by atomic mass is 10.0. The molecule has 0 amide bonds. The number of rotatable bonds is 4. The molecule has 0 aliphatic carbocycles. The number of hydrogen-bond donors (Lipinski definition) is 1. The quantitative estimate of drug-likeness (QED) is 0.898. The Kier molecular flexibility index (Phi) is 3.56. The predicted octanol–water partition coefficient (Wildman–Crippen LogP) is 1.94. The lowest BCUT2D eigenvalue weighted by molar-refractivity contribution is -0.0275. The molecule has 0 saturated carbocycles. The minimum Gasteiger partial charge on any atom is -0.493 e. The first kappa shape index (κ1) is 12.9. The second-order valence-electron chi connectivity index (χ2n) is 3.88. The molecule has 0 bridgehead atoms. The van der Waals surface area contributed by atoms with E-state index in [1.54, 1.807) is 0 Å². The van der Waals surface area contributed by atoms with Crippen molar-refractivity contribution in [2.45, 2.75) is 12.3 Å². The molecule has 0 spiro atoms. The third-order valence-electron chi connectivity index (χ3n) is 2.68. The highest BCUT2D eigenvalue weighted by atomic mass is 19.3. The van der Waals surface area contributed by atoms with Crippen molar-refractivity contribution in [2.24, 2.45) is 0 Å². The van der Waals surface area contributed by atoms with E-state index in [2.05, 4.69) is 0 Å². The standard InChI is InChI=1S/C12H14F2O4/c1-16-9-6-8(12(13,14)2-3-15)7-10-11(9)18-5-4-17-10/h6-7,15H,2-5H2,1H3. The van der Waals surface area contributed by atoms with Gasteiger partial charge in [0.05, 0.1) is 7.11 Å². The van der Waals surface area contributed by atoms with Crippen molar-refractivity contribution in [3.63, 3.8) is 0 Å². The van der Waals surface area contributed by atoms with Crippen LogP contribution in [-0.4, -0.2) is 32.0 Å². The van der Waals surface area contributed by atoms with E-state index in [0.717, 1.165) is 0 Å². The molecule has 18 heavy (non-hydrogen) atoms. The Balaban J connectivity index is 2.44. The molecule has 1 heterocycles. The summed E-state index contributed by atoms with van der Waals surface area (Å²) in [5, 5.41) is 8.66. The van der Waals surface area contributed by atoms with Crippen molar-refractivity contribution in [3.05, 3.63) is 17.7 Å². The van der Waals surface area contributed by atoms with E-state index in [1.807, 2.05) is 0 Å². The summed E-state index contributed by atoms with van der Waals surface area (Å²) in [5.41, 5.74) is -0.252. The molecular formula is C12H14F2O4. The largest absolute Gasteiger partial charge is 0.493 e. The Morgan fingerprint density at radius 2 is 2.06 bits per heavy atom. The highest BCUT2D eigenvalue weighted by Gasteiger charge is 2.33. The Hall–Kier alpha value is -1.56. The molecule has 0 fully saturated rings. The number of aliphatic hydroxyl groups is 1. The molecule has 0 unspecified atom stereocenters. The van der Waals surface area contributed by atoms with Crippen LogP contribution in [0.15, 0.2) is 12.1 Å². The molecule has 1 aromatic rings. The maximum absolute atomic E-state index is 13.7. The number of fused-ring (bicyclic) bond motifs is 1. The van der Waals surface area contributed by atoms with Crippen molar-refractivity contribution in [3.8, 4) is 17.2 Å². The topological polar surface area (TPSA) is 47.9 Å². The van der Waals surface area contributed by atoms with Crippen LogP contribution in [0.5, 0.6) is 17.2 Å². The minimum atomic E-state index is -3.13. The van der Waals surface area contributed by atoms with E-state index in [0.29, 0.717) is 19.0 Å². The molecule has 1 N–H and O–H groups in total. The van der Waals surface area contributed by atoms with Gasteiger partial charge in [-0.2, -0.15) is 0 Å². The number of methoxy groups -OCH3 is 1. The van der Waals surface area contributed by atoms with E-state index in [-0.39, 0.29) is 17.1 Å². The van der Waals surface area contributed by atoms with Gasteiger partial charge in [-0.05, 0) is 12.1 Å². The van der Waals surface area contributed by atoms with Gasteiger partial charge >= 0.3 is 0 Å². The van der Waals surface area contributed by atoms with Crippen molar-refractivity contribution >= 4 is 0 Å². The van der Waals surface area contributed by atoms with Gasteiger partial charge in [-0.1, -0.05) is 0 Å². The van der Waals surface area contributed by atoms with Crippen LogP contribution in [0.2, 0.25) is 0 Å². The first-order chi connectivity index (χ1) is 8.58. The normalized spacial score (nSPS) is 14.4. The number of benzene rings is 1. The van der Waals surface area contributed by atoms with Gasteiger partial charge in [0.25, 0.3) is 5.92 Å². The Bertz CT molecular complexity index is 417. The van der Waals surface area contributed by atoms with Gasteiger partial charge in [0, 0.05) is 18.6 Å². The molecule has 0 saturated heterocycles. The predicted molar refractivity (Wildman–Crippen MR) is 59.6 cm³/mol. The molecule has 100 valence electrons. The molecule has 0 aromatic heterocycles. The third kappa shape index (κ3) is 2.33. The van der Waals surface area contributed by atoms with Gasteiger partial charge in [0.1, 0.15) is 13.2 Å². The van der Waals surface area contributed by atoms with Gasteiger partial charge < -0.3 is 19.3 Å². The van der Waals surface area contributed by atoms with Crippen molar-refractivity contribution in [2.75, 3.05) is 26.9 Å².